The first kappa shape index (κ1) is 11.1. The van der Waals surface area contributed by atoms with E-state index in [1.165, 1.54) is 24.4 Å². The first-order chi connectivity index (χ1) is 8.09. The van der Waals surface area contributed by atoms with Crippen LogP contribution in [0.15, 0.2) is 36.5 Å². The SMILES string of the molecule is O=C(O)c1ncccc1-c1cc(F)ccc1O. The van der Waals surface area contributed by atoms with Crippen LogP contribution in [0.3, 0.4) is 0 Å². The van der Waals surface area contributed by atoms with Crippen LogP contribution < -0.4 is 0 Å². The Morgan fingerprint density at radius 2 is 2.00 bits per heavy atom. The van der Waals surface area contributed by atoms with Gasteiger partial charge < -0.3 is 10.2 Å². The highest BCUT2D eigenvalue weighted by atomic mass is 19.1. The summed E-state index contributed by atoms with van der Waals surface area (Å²) < 4.78 is 13.1. The number of carboxylic acid groups (broad SMARTS) is 1. The summed E-state index contributed by atoms with van der Waals surface area (Å²) in [4.78, 5) is 14.6. The largest absolute Gasteiger partial charge is 0.507 e. The molecule has 1 aromatic carbocycles. The van der Waals surface area contributed by atoms with Crippen molar-refractivity contribution >= 4 is 5.97 Å². The maximum absolute atomic E-state index is 13.1. The van der Waals surface area contributed by atoms with Gasteiger partial charge in [0.1, 0.15) is 11.6 Å². The monoisotopic (exact) mass is 233 g/mol. The van der Waals surface area contributed by atoms with Crippen LogP contribution in [0.2, 0.25) is 0 Å². The Morgan fingerprint density at radius 1 is 1.24 bits per heavy atom. The van der Waals surface area contributed by atoms with E-state index in [9.17, 15) is 14.3 Å². The molecular formula is C12H8FNO3. The summed E-state index contributed by atoms with van der Waals surface area (Å²) in [6.45, 7) is 0. The van der Waals surface area contributed by atoms with Gasteiger partial charge in [-0.15, -0.1) is 0 Å². The van der Waals surface area contributed by atoms with Crippen LogP contribution in [0.4, 0.5) is 4.39 Å². The molecule has 0 spiro atoms. The number of carboxylic acids is 1. The Morgan fingerprint density at radius 3 is 2.71 bits per heavy atom. The number of aromatic nitrogens is 1. The summed E-state index contributed by atoms with van der Waals surface area (Å²) in [7, 11) is 0. The number of aromatic carboxylic acids is 1. The highest BCUT2D eigenvalue weighted by Crippen LogP contribution is 2.31. The van der Waals surface area contributed by atoms with Crippen molar-refractivity contribution < 1.29 is 19.4 Å². The van der Waals surface area contributed by atoms with E-state index in [0.29, 0.717) is 0 Å². The van der Waals surface area contributed by atoms with Gasteiger partial charge in [-0.05, 0) is 24.3 Å². The molecule has 86 valence electrons. The van der Waals surface area contributed by atoms with Gasteiger partial charge >= 0.3 is 5.97 Å². The van der Waals surface area contributed by atoms with Crippen LogP contribution in [-0.2, 0) is 0 Å². The van der Waals surface area contributed by atoms with Crippen LogP contribution in [0.1, 0.15) is 10.5 Å². The van der Waals surface area contributed by atoms with Crippen LogP contribution >= 0.6 is 0 Å². The lowest BCUT2D eigenvalue weighted by atomic mass is 10.0. The van der Waals surface area contributed by atoms with Crippen molar-refractivity contribution in [2.24, 2.45) is 0 Å². The van der Waals surface area contributed by atoms with Gasteiger partial charge in [0, 0.05) is 17.3 Å². The molecule has 0 saturated heterocycles. The second-order valence-corrected chi connectivity index (χ2v) is 3.37. The number of hydrogen-bond donors (Lipinski definition) is 2. The van der Waals surface area contributed by atoms with Crippen molar-refractivity contribution in [3.05, 3.63) is 48.0 Å². The molecule has 0 radical (unpaired) electrons. The number of nitrogens with zero attached hydrogens (tertiary/aromatic N) is 1. The van der Waals surface area contributed by atoms with Crippen LogP contribution in [-0.4, -0.2) is 21.2 Å². The van der Waals surface area contributed by atoms with Crippen molar-refractivity contribution in [2.45, 2.75) is 0 Å². The fourth-order valence-corrected chi connectivity index (χ4v) is 1.52. The molecule has 0 aliphatic rings. The molecule has 0 unspecified atom stereocenters. The molecule has 0 aliphatic carbocycles. The minimum Gasteiger partial charge on any atom is -0.507 e. The molecule has 0 amide bonds. The first-order valence-electron chi connectivity index (χ1n) is 4.77. The number of benzene rings is 1. The summed E-state index contributed by atoms with van der Waals surface area (Å²) in [5, 5.41) is 18.6. The van der Waals surface area contributed by atoms with E-state index >= 15 is 0 Å². The maximum atomic E-state index is 13.1. The summed E-state index contributed by atoms with van der Waals surface area (Å²) in [6, 6.07) is 6.31. The average molecular weight is 233 g/mol. The fraction of sp³-hybridized carbons (Fsp3) is 0. The van der Waals surface area contributed by atoms with Crippen LogP contribution in [0.25, 0.3) is 11.1 Å². The molecule has 2 N–H and O–H groups in total. The summed E-state index contributed by atoms with van der Waals surface area (Å²) >= 11 is 0. The van der Waals surface area contributed by atoms with Crippen molar-refractivity contribution in [1.82, 2.24) is 4.98 Å². The van der Waals surface area contributed by atoms with E-state index in [2.05, 4.69) is 4.98 Å². The van der Waals surface area contributed by atoms with Gasteiger partial charge in [-0.25, -0.2) is 14.2 Å². The minimum atomic E-state index is -1.23. The fourth-order valence-electron chi connectivity index (χ4n) is 1.52. The predicted octanol–water partition coefficient (Wildman–Crippen LogP) is 2.29. The standard InChI is InChI=1S/C12H8FNO3/c13-7-3-4-10(15)9(6-7)8-2-1-5-14-11(8)12(16)17/h1-6,15H,(H,16,17). The molecule has 5 heteroatoms. The Bertz CT molecular complexity index is 584. The van der Waals surface area contributed by atoms with Crippen molar-refractivity contribution in [1.29, 1.82) is 0 Å². The predicted molar refractivity (Wildman–Crippen MR) is 58.3 cm³/mol. The number of pyridine rings is 1. The van der Waals surface area contributed by atoms with Gasteiger partial charge in [-0.2, -0.15) is 0 Å². The normalized spacial score (nSPS) is 10.2. The Kier molecular flexibility index (Phi) is 2.74. The number of phenols is 1. The van der Waals surface area contributed by atoms with Gasteiger partial charge in [0.25, 0.3) is 0 Å². The van der Waals surface area contributed by atoms with Crippen molar-refractivity contribution in [3.8, 4) is 16.9 Å². The van der Waals surface area contributed by atoms with E-state index in [1.54, 1.807) is 0 Å². The molecule has 2 aromatic rings. The highest BCUT2D eigenvalue weighted by Gasteiger charge is 2.15. The molecule has 2 rings (SSSR count). The summed E-state index contributed by atoms with van der Waals surface area (Å²) in [5.41, 5.74) is 0.0564. The molecule has 0 fully saturated rings. The molecule has 1 aromatic heterocycles. The summed E-state index contributed by atoms with van der Waals surface area (Å²) in [6.07, 6.45) is 1.32. The van der Waals surface area contributed by atoms with Gasteiger partial charge in [-0.1, -0.05) is 6.07 Å². The molecule has 17 heavy (non-hydrogen) atoms. The maximum Gasteiger partial charge on any atom is 0.355 e. The second-order valence-electron chi connectivity index (χ2n) is 3.37. The zero-order chi connectivity index (χ0) is 12.4. The molecule has 0 bridgehead atoms. The molecule has 0 aliphatic heterocycles. The Hall–Kier alpha value is -2.43. The van der Waals surface area contributed by atoms with E-state index in [1.807, 2.05) is 0 Å². The lowest BCUT2D eigenvalue weighted by Gasteiger charge is -2.07. The molecular weight excluding hydrogens is 225 g/mol. The molecule has 4 nitrogen and oxygen atoms in total. The number of rotatable bonds is 2. The van der Waals surface area contributed by atoms with Gasteiger partial charge in [-0.3, -0.25) is 0 Å². The van der Waals surface area contributed by atoms with Crippen LogP contribution in [0, 0.1) is 5.82 Å². The summed E-state index contributed by atoms with van der Waals surface area (Å²) in [5.74, 6) is -1.98. The zero-order valence-electron chi connectivity index (χ0n) is 8.59. The highest BCUT2D eigenvalue weighted by molar-refractivity contribution is 5.94. The minimum absolute atomic E-state index is 0.107. The Labute approximate surface area is 96.0 Å². The third-order valence-corrected chi connectivity index (χ3v) is 2.26. The zero-order valence-corrected chi connectivity index (χ0v) is 8.59. The molecule has 0 atom stereocenters. The first-order valence-corrected chi connectivity index (χ1v) is 4.77. The smallest absolute Gasteiger partial charge is 0.355 e. The number of hydrogen-bond acceptors (Lipinski definition) is 3. The third kappa shape index (κ3) is 2.08. The van der Waals surface area contributed by atoms with E-state index in [4.69, 9.17) is 5.11 Å². The quantitative estimate of drug-likeness (QED) is 0.834. The topological polar surface area (TPSA) is 70.4 Å². The lowest BCUT2D eigenvalue weighted by molar-refractivity contribution is 0.0691. The number of aromatic hydroxyl groups is 1. The van der Waals surface area contributed by atoms with Crippen molar-refractivity contribution in [3.63, 3.8) is 0 Å². The van der Waals surface area contributed by atoms with E-state index in [0.717, 1.165) is 12.1 Å². The number of phenolic OH excluding ortho intramolecular Hbond substituents is 1. The number of halogens is 1. The van der Waals surface area contributed by atoms with Gasteiger partial charge in [0.05, 0.1) is 0 Å². The molecule has 0 saturated carbocycles. The van der Waals surface area contributed by atoms with Gasteiger partial charge in [0.15, 0.2) is 5.69 Å². The third-order valence-electron chi connectivity index (χ3n) is 2.26. The lowest BCUT2D eigenvalue weighted by Crippen LogP contribution is -2.02. The van der Waals surface area contributed by atoms with E-state index in [-0.39, 0.29) is 22.6 Å². The Balaban J connectivity index is 2.68. The van der Waals surface area contributed by atoms with Gasteiger partial charge in [0.2, 0.25) is 0 Å². The molecule has 1 heterocycles. The number of carbonyl (C=O) groups is 1. The van der Waals surface area contributed by atoms with Crippen molar-refractivity contribution in [2.75, 3.05) is 0 Å². The second kappa shape index (κ2) is 4.21. The van der Waals surface area contributed by atoms with Crippen LogP contribution in [0.5, 0.6) is 5.75 Å². The average Bonchev–Trinajstić information content (AvgIpc) is 2.32. The van der Waals surface area contributed by atoms with E-state index < -0.39 is 11.8 Å².